The van der Waals surface area contributed by atoms with Gasteiger partial charge in [0.25, 0.3) is 5.56 Å². The molecule has 0 radical (unpaired) electrons. The van der Waals surface area contributed by atoms with Gasteiger partial charge in [-0.05, 0) is 0 Å². The summed E-state index contributed by atoms with van der Waals surface area (Å²) in [4.78, 5) is 15.5. The summed E-state index contributed by atoms with van der Waals surface area (Å²) >= 11 is 5.77. The van der Waals surface area contributed by atoms with Gasteiger partial charge in [0.2, 0.25) is 0 Å². The highest BCUT2D eigenvalue weighted by atomic mass is 35.5. The summed E-state index contributed by atoms with van der Waals surface area (Å²) in [5, 5.41) is 5.98. The lowest BCUT2D eigenvalue weighted by Crippen LogP contribution is -2.31. The van der Waals surface area contributed by atoms with Crippen LogP contribution in [0.25, 0.3) is 0 Å². The van der Waals surface area contributed by atoms with Crippen LogP contribution in [0.1, 0.15) is 0 Å². The lowest BCUT2D eigenvalue weighted by atomic mass is 10.4. The molecule has 0 saturated heterocycles. The van der Waals surface area contributed by atoms with E-state index in [-0.39, 0.29) is 15.4 Å². The molecule has 0 atom stereocenters. The molecule has 0 fully saturated rings. The number of nitrogens with zero attached hydrogens (tertiary/aromatic N) is 4. The second-order valence-corrected chi connectivity index (χ2v) is 4.56. The average Bonchev–Trinajstić information content (AvgIpc) is 2.89. The van der Waals surface area contributed by atoms with E-state index in [0.29, 0.717) is 13.1 Å². The molecule has 0 aliphatic carbocycles. The van der Waals surface area contributed by atoms with E-state index in [9.17, 15) is 18.0 Å². The van der Waals surface area contributed by atoms with E-state index < -0.39 is 18.3 Å². The monoisotopic (exact) mass is 321 g/mol. The molecule has 0 amide bonds. The third kappa shape index (κ3) is 4.22. The number of anilines is 1. The Labute approximate surface area is 122 Å². The van der Waals surface area contributed by atoms with Crippen LogP contribution in [0.2, 0.25) is 5.02 Å². The largest absolute Gasteiger partial charge is 0.408 e. The fourth-order valence-electron chi connectivity index (χ4n) is 1.61. The zero-order valence-electron chi connectivity index (χ0n) is 10.6. The first-order chi connectivity index (χ1) is 9.87. The van der Waals surface area contributed by atoms with Crippen molar-refractivity contribution in [2.45, 2.75) is 19.3 Å². The summed E-state index contributed by atoms with van der Waals surface area (Å²) in [6.07, 6.45) is 1.55. The van der Waals surface area contributed by atoms with Crippen molar-refractivity contribution in [2.24, 2.45) is 0 Å². The predicted octanol–water partition coefficient (Wildman–Crippen LogP) is 1.77. The van der Waals surface area contributed by atoms with E-state index in [2.05, 4.69) is 15.4 Å². The Hall–Kier alpha value is -2.03. The molecule has 10 heteroatoms. The van der Waals surface area contributed by atoms with Crippen molar-refractivity contribution in [1.82, 2.24) is 19.3 Å². The second-order valence-electron chi connectivity index (χ2n) is 4.18. The van der Waals surface area contributed by atoms with Crippen molar-refractivity contribution in [1.29, 1.82) is 0 Å². The molecule has 1 N–H and O–H groups in total. The molecule has 0 bridgehead atoms. The number of imidazole rings is 1. The molecule has 2 rings (SSSR count). The maximum Gasteiger partial charge on any atom is 0.408 e. The molecule has 2 heterocycles. The Morgan fingerprint density at radius 1 is 1.38 bits per heavy atom. The number of hydrogen-bond donors (Lipinski definition) is 1. The van der Waals surface area contributed by atoms with E-state index >= 15 is 0 Å². The summed E-state index contributed by atoms with van der Waals surface area (Å²) in [5.41, 5.74) is -0.790. The van der Waals surface area contributed by atoms with Crippen LogP contribution >= 0.6 is 11.6 Å². The Kier molecular flexibility index (Phi) is 4.51. The predicted molar refractivity (Wildman–Crippen MR) is 70.3 cm³/mol. The molecule has 0 aliphatic rings. The summed E-state index contributed by atoms with van der Waals surface area (Å²) in [6.45, 7) is -0.497. The van der Waals surface area contributed by atoms with Crippen molar-refractivity contribution >= 4 is 17.3 Å². The zero-order valence-corrected chi connectivity index (χ0v) is 11.4. The van der Waals surface area contributed by atoms with E-state index in [4.69, 9.17) is 11.6 Å². The fourth-order valence-corrected chi connectivity index (χ4v) is 1.82. The van der Waals surface area contributed by atoms with Gasteiger partial charge in [-0.3, -0.25) is 4.79 Å². The van der Waals surface area contributed by atoms with Crippen LogP contribution in [0.3, 0.4) is 0 Å². The SMILES string of the molecule is O=c1c(Cl)c(NCCn2ccnc2)cnn1CC(F)(F)F. The Balaban J connectivity index is 2.04. The van der Waals surface area contributed by atoms with Crippen LogP contribution in [-0.4, -0.2) is 32.1 Å². The van der Waals surface area contributed by atoms with Gasteiger partial charge in [-0.25, -0.2) is 9.67 Å². The number of hydrogen-bond acceptors (Lipinski definition) is 4. The third-order valence-electron chi connectivity index (χ3n) is 2.56. The molecule has 2 aromatic rings. The quantitative estimate of drug-likeness (QED) is 0.911. The van der Waals surface area contributed by atoms with Gasteiger partial charge in [0.15, 0.2) is 0 Å². The maximum atomic E-state index is 12.2. The molecule has 2 aromatic heterocycles. The van der Waals surface area contributed by atoms with Gasteiger partial charge >= 0.3 is 6.18 Å². The van der Waals surface area contributed by atoms with Crippen molar-refractivity contribution in [3.8, 4) is 0 Å². The number of aromatic nitrogens is 4. The van der Waals surface area contributed by atoms with Gasteiger partial charge in [-0.1, -0.05) is 11.6 Å². The van der Waals surface area contributed by atoms with Crippen LogP contribution in [0.4, 0.5) is 18.9 Å². The first-order valence-corrected chi connectivity index (χ1v) is 6.26. The van der Waals surface area contributed by atoms with Crippen molar-refractivity contribution in [2.75, 3.05) is 11.9 Å². The topological polar surface area (TPSA) is 64.7 Å². The Morgan fingerprint density at radius 2 is 2.14 bits per heavy atom. The van der Waals surface area contributed by atoms with Gasteiger partial charge in [0.1, 0.15) is 11.6 Å². The van der Waals surface area contributed by atoms with E-state index in [1.807, 2.05) is 0 Å². The van der Waals surface area contributed by atoms with Crippen molar-refractivity contribution < 1.29 is 13.2 Å². The van der Waals surface area contributed by atoms with Gasteiger partial charge in [0.05, 0.1) is 18.2 Å². The van der Waals surface area contributed by atoms with Gasteiger partial charge in [-0.2, -0.15) is 18.3 Å². The maximum absolute atomic E-state index is 12.2. The van der Waals surface area contributed by atoms with Crippen molar-refractivity contribution in [3.63, 3.8) is 0 Å². The first-order valence-electron chi connectivity index (χ1n) is 5.89. The molecule has 114 valence electrons. The third-order valence-corrected chi connectivity index (χ3v) is 2.92. The molecular formula is C11H11ClF3N5O. The van der Waals surface area contributed by atoms with Crippen LogP contribution < -0.4 is 10.9 Å². The minimum absolute atomic E-state index is 0.195. The molecule has 0 spiro atoms. The minimum Gasteiger partial charge on any atom is -0.381 e. The fraction of sp³-hybridized carbons (Fsp3) is 0.364. The molecule has 6 nitrogen and oxygen atoms in total. The number of rotatable bonds is 5. The van der Waals surface area contributed by atoms with E-state index in [1.165, 1.54) is 0 Å². The summed E-state index contributed by atoms with van der Waals surface area (Å²) in [7, 11) is 0. The van der Waals surface area contributed by atoms with Crippen molar-refractivity contribution in [3.05, 3.63) is 40.3 Å². The van der Waals surface area contributed by atoms with Crippen LogP contribution in [0.15, 0.2) is 29.7 Å². The first kappa shape index (κ1) is 15.4. The van der Waals surface area contributed by atoms with E-state index in [1.54, 1.807) is 23.3 Å². The molecule has 0 aromatic carbocycles. The number of nitrogens with one attached hydrogen (secondary N) is 1. The molecule has 0 saturated carbocycles. The number of alkyl halides is 3. The molecule has 0 unspecified atom stereocenters. The van der Waals surface area contributed by atoms with Crippen LogP contribution in [-0.2, 0) is 13.1 Å². The highest BCUT2D eigenvalue weighted by molar-refractivity contribution is 6.32. The number of halogens is 4. The van der Waals surface area contributed by atoms with Crippen LogP contribution in [0, 0.1) is 0 Å². The lowest BCUT2D eigenvalue weighted by molar-refractivity contribution is -0.143. The zero-order chi connectivity index (χ0) is 15.5. The summed E-state index contributed by atoms with van der Waals surface area (Å²) < 4.78 is 38.8. The summed E-state index contributed by atoms with van der Waals surface area (Å²) in [6, 6.07) is 0. The highest BCUT2D eigenvalue weighted by Gasteiger charge is 2.29. The van der Waals surface area contributed by atoms with Crippen LogP contribution in [0.5, 0.6) is 0 Å². The smallest absolute Gasteiger partial charge is 0.381 e. The second kappa shape index (κ2) is 6.17. The highest BCUT2D eigenvalue weighted by Crippen LogP contribution is 2.18. The molecule has 0 aliphatic heterocycles. The van der Waals surface area contributed by atoms with Gasteiger partial charge < -0.3 is 9.88 Å². The Bertz CT molecular complexity index is 653. The van der Waals surface area contributed by atoms with Gasteiger partial charge in [-0.15, -0.1) is 0 Å². The Morgan fingerprint density at radius 3 is 2.76 bits per heavy atom. The normalized spacial score (nSPS) is 11.6. The average molecular weight is 322 g/mol. The lowest BCUT2D eigenvalue weighted by Gasteiger charge is -2.11. The molecular weight excluding hydrogens is 311 g/mol. The standard InChI is InChI=1S/C11H11ClF3N5O/c12-9-8(17-2-4-19-3-1-16-7-19)5-18-20(10(9)21)6-11(13,14)15/h1,3,5,7,17H,2,4,6H2. The minimum atomic E-state index is -4.53. The molecule has 21 heavy (non-hydrogen) atoms. The van der Waals surface area contributed by atoms with Gasteiger partial charge in [0, 0.05) is 25.5 Å². The van der Waals surface area contributed by atoms with E-state index in [0.717, 1.165) is 6.20 Å². The summed E-state index contributed by atoms with van der Waals surface area (Å²) in [5.74, 6) is 0.